The minimum atomic E-state index is 0. The smallest absolute Gasteiger partial charge is 0.0314 e. The van der Waals surface area contributed by atoms with Crippen LogP contribution >= 0.6 is 12.4 Å². The minimum absolute atomic E-state index is 0. The van der Waals surface area contributed by atoms with E-state index < -0.39 is 0 Å². The fourth-order valence-electron chi connectivity index (χ4n) is 2.94. The molecule has 3 rings (SSSR count). The molecule has 2 aliphatic rings. The average molecular weight is 225 g/mol. The van der Waals surface area contributed by atoms with Crippen LogP contribution in [0.1, 0.15) is 30.7 Å². The number of hydrogen-bond acceptors (Lipinski definition) is 2. The van der Waals surface area contributed by atoms with Gasteiger partial charge in [-0.25, -0.2) is 0 Å². The third-order valence-corrected chi connectivity index (χ3v) is 3.66. The third-order valence-electron chi connectivity index (χ3n) is 3.66. The zero-order valence-electron chi connectivity index (χ0n) is 8.65. The molecule has 3 unspecified atom stereocenters. The zero-order valence-corrected chi connectivity index (χ0v) is 9.46. The van der Waals surface area contributed by atoms with Gasteiger partial charge in [0.1, 0.15) is 0 Å². The van der Waals surface area contributed by atoms with Gasteiger partial charge in [0.2, 0.25) is 0 Å². The summed E-state index contributed by atoms with van der Waals surface area (Å²) >= 11 is 0. The van der Waals surface area contributed by atoms with E-state index in [-0.39, 0.29) is 12.4 Å². The van der Waals surface area contributed by atoms with E-state index in [2.05, 4.69) is 17.4 Å². The highest BCUT2D eigenvalue weighted by atomic mass is 35.5. The summed E-state index contributed by atoms with van der Waals surface area (Å²) in [6.45, 7) is 0. The Kier molecular flexibility index (Phi) is 2.89. The quantitative estimate of drug-likeness (QED) is 0.719. The summed E-state index contributed by atoms with van der Waals surface area (Å²) in [5.74, 6) is 0.731. The van der Waals surface area contributed by atoms with Gasteiger partial charge < -0.3 is 11.1 Å². The van der Waals surface area contributed by atoms with Crippen molar-refractivity contribution in [1.82, 2.24) is 5.32 Å². The van der Waals surface area contributed by atoms with Gasteiger partial charge >= 0.3 is 0 Å². The molecule has 2 saturated heterocycles. The van der Waals surface area contributed by atoms with Gasteiger partial charge in [0, 0.05) is 23.7 Å². The Labute approximate surface area is 96.7 Å². The molecule has 0 aromatic heterocycles. The Morgan fingerprint density at radius 1 is 1.13 bits per heavy atom. The maximum Gasteiger partial charge on any atom is 0.0314 e. The summed E-state index contributed by atoms with van der Waals surface area (Å²) < 4.78 is 0. The van der Waals surface area contributed by atoms with Gasteiger partial charge in [-0.15, -0.1) is 12.4 Å². The van der Waals surface area contributed by atoms with Crippen LogP contribution < -0.4 is 11.1 Å². The molecule has 2 bridgehead atoms. The Hall–Kier alpha value is -0.730. The van der Waals surface area contributed by atoms with Crippen LogP contribution in [0.3, 0.4) is 0 Å². The largest absolute Gasteiger partial charge is 0.399 e. The SMILES string of the molecule is Cl.Nc1ccc(C2CC3CCC2N3)cc1. The Morgan fingerprint density at radius 2 is 1.87 bits per heavy atom. The van der Waals surface area contributed by atoms with Crippen LogP contribution in [-0.4, -0.2) is 12.1 Å². The van der Waals surface area contributed by atoms with Crippen molar-refractivity contribution in [3.8, 4) is 0 Å². The van der Waals surface area contributed by atoms with Crippen molar-refractivity contribution in [3.05, 3.63) is 29.8 Å². The highest BCUT2D eigenvalue weighted by molar-refractivity contribution is 5.85. The molecule has 2 aliphatic heterocycles. The van der Waals surface area contributed by atoms with Crippen molar-refractivity contribution >= 4 is 18.1 Å². The topological polar surface area (TPSA) is 38.0 Å². The van der Waals surface area contributed by atoms with Crippen molar-refractivity contribution in [2.24, 2.45) is 0 Å². The molecule has 82 valence electrons. The number of nitrogen functional groups attached to an aromatic ring is 1. The van der Waals surface area contributed by atoms with Crippen LogP contribution in [0.4, 0.5) is 5.69 Å². The van der Waals surface area contributed by atoms with Crippen LogP contribution in [-0.2, 0) is 0 Å². The molecule has 15 heavy (non-hydrogen) atoms. The molecule has 2 nitrogen and oxygen atoms in total. The lowest BCUT2D eigenvalue weighted by Crippen LogP contribution is -2.21. The summed E-state index contributed by atoms with van der Waals surface area (Å²) in [4.78, 5) is 0. The van der Waals surface area contributed by atoms with E-state index in [1.165, 1.54) is 24.8 Å². The van der Waals surface area contributed by atoms with Crippen molar-refractivity contribution < 1.29 is 0 Å². The van der Waals surface area contributed by atoms with Crippen LogP contribution in [0.25, 0.3) is 0 Å². The molecule has 3 atom stereocenters. The van der Waals surface area contributed by atoms with Crippen LogP contribution in [0.2, 0.25) is 0 Å². The molecule has 0 radical (unpaired) electrons. The summed E-state index contributed by atoms with van der Waals surface area (Å²) in [7, 11) is 0. The van der Waals surface area contributed by atoms with E-state index in [4.69, 9.17) is 5.73 Å². The van der Waals surface area contributed by atoms with E-state index in [0.29, 0.717) is 0 Å². The third kappa shape index (κ3) is 1.84. The number of fused-ring (bicyclic) bond motifs is 2. The molecular formula is C12H17ClN2. The van der Waals surface area contributed by atoms with E-state index in [1.807, 2.05) is 12.1 Å². The average Bonchev–Trinajstić information content (AvgIpc) is 2.80. The predicted octanol–water partition coefficient (Wildman–Crippen LogP) is 2.30. The molecule has 1 aromatic rings. The molecule has 2 fully saturated rings. The fourth-order valence-corrected chi connectivity index (χ4v) is 2.94. The van der Waals surface area contributed by atoms with Crippen LogP contribution in [0.15, 0.2) is 24.3 Å². The molecule has 3 N–H and O–H groups in total. The highest BCUT2D eigenvalue weighted by Gasteiger charge is 2.39. The molecular weight excluding hydrogens is 208 g/mol. The normalized spacial score (nSPS) is 32.7. The van der Waals surface area contributed by atoms with Crippen molar-refractivity contribution in [2.45, 2.75) is 37.3 Å². The number of nitrogens with two attached hydrogens (primary N) is 1. The summed E-state index contributed by atoms with van der Waals surface area (Å²) in [6.07, 6.45) is 4.03. The van der Waals surface area contributed by atoms with Gasteiger partial charge in [-0.1, -0.05) is 12.1 Å². The molecule has 0 amide bonds. The predicted molar refractivity (Wildman–Crippen MR) is 65.4 cm³/mol. The van der Waals surface area contributed by atoms with Gasteiger partial charge in [0.05, 0.1) is 0 Å². The minimum Gasteiger partial charge on any atom is -0.399 e. The maximum atomic E-state index is 5.69. The Balaban J connectivity index is 0.000000853. The lowest BCUT2D eigenvalue weighted by Gasteiger charge is -2.20. The standard InChI is InChI=1S/C12H16N2.ClH/c13-9-3-1-8(2-4-9)11-7-10-5-6-12(11)14-10;/h1-4,10-12,14H,5-7,13H2;1H. The van der Waals surface area contributed by atoms with E-state index in [9.17, 15) is 0 Å². The maximum absolute atomic E-state index is 5.69. The fraction of sp³-hybridized carbons (Fsp3) is 0.500. The summed E-state index contributed by atoms with van der Waals surface area (Å²) in [5.41, 5.74) is 8.01. The van der Waals surface area contributed by atoms with Gasteiger partial charge in [0.15, 0.2) is 0 Å². The van der Waals surface area contributed by atoms with Crippen LogP contribution in [0, 0.1) is 0 Å². The highest BCUT2D eigenvalue weighted by Crippen LogP contribution is 2.39. The second-order valence-electron chi connectivity index (χ2n) is 4.56. The first kappa shape index (κ1) is 10.8. The zero-order chi connectivity index (χ0) is 9.54. The van der Waals surface area contributed by atoms with Crippen molar-refractivity contribution in [3.63, 3.8) is 0 Å². The lowest BCUT2D eigenvalue weighted by atomic mass is 9.84. The monoisotopic (exact) mass is 224 g/mol. The number of halogens is 1. The molecule has 0 saturated carbocycles. The second kappa shape index (κ2) is 4.03. The van der Waals surface area contributed by atoms with Gasteiger partial charge in [-0.2, -0.15) is 0 Å². The molecule has 0 spiro atoms. The van der Waals surface area contributed by atoms with E-state index in [0.717, 1.165) is 23.7 Å². The molecule has 2 heterocycles. The number of nitrogens with one attached hydrogen (secondary N) is 1. The van der Waals surface area contributed by atoms with Gasteiger partial charge in [0.25, 0.3) is 0 Å². The molecule has 3 heteroatoms. The number of benzene rings is 1. The number of hydrogen-bond donors (Lipinski definition) is 2. The summed E-state index contributed by atoms with van der Waals surface area (Å²) in [5, 5.41) is 3.66. The van der Waals surface area contributed by atoms with Crippen molar-refractivity contribution in [1.29, 1.82) is 0 Å². The van der Waals surface area contributed by atoms with Crippen LogP contribution in [0.5, 0.6) is 0 Å². The molecule has 0 aliphatic carbocycles. The molecule has 1 aromatic carbocycles. The Bertz CT molecular complexity index is 336. The van der Waals surface area contributed by atoms with Gasteiger partial charge in [-0.3, -0.25) is 0 Å². The van der Waals surface area contributed by atoms with E-state index in [1.54, 1.807) is 0 Å². The van der Waals surface area contributed by atoms with E-state index >= 15 is 0 Å². The first-order valence-corrected chi connectivity index (χ1v) is 5.44. The second-order valence-corrected chi connectivity index (χ2v) is 4.56. The number of anilines is 1. The first-order valence-electron chi connectivity index (χ1n) is 5.44. The summed E-state index contributed by atoms with van der Waals surface area (Å²) in [6, 6.07) is 9.90. The number of rotatable bonds is 1. The Morgan fingerprint density at radius 3 is 2.40 bits per heavy atom. The van der Waals surface area contributed by atoms with Crippen molar-refractivity contribution in [2.75, 3.05) is 5.73 Å². The van der Waals surface area contributed by atoms with Gasteiger partial charge in [-0.05, 0) is 37.0 Å². The first-order chi connectivity index (χ1) is 6.83. The lowest BCUT2D eigenvalue weighted by molar-refractivity contribution is 0.506.